The van der Waals surface area contributed by atoms with Gasteiger partial charge < -0.3 is 24.6 Å². The Kier molecular flexibility index (Phi) is 43.9. The second-order valence-corrected chi connectivity index (χ2v) is 17.6. The molecule has 0 aromatic carbocycles. The predicted molar refractivity (Wildman–Crippen MR) is 251 cm³/mol. The summed E-state index contributed by atoms with van der Waals surface area (Å²) in [5.74, 6) is -0.962. The zero-order chi connectivity index (χ0) is 44.8. The number of rotatable bonds is 45. The molecule has 61 heavy (non-hydrogen) atoms. The second-order valence-electron chi connectivity index (χ2n) is 16.1. The Balaban J connectivity index is 4.29. The van der Waals surface area contributed by atoms with Crippen LogP contribution in [0.2, 0.25) is 0 Å². The van der Waals surface area contributed by atoms with Gasteiger partial charge in [0.15, 0.2) is 6.10 Å². The van der Waals surface area contributed by atoms with Crippen molar-refractivity contribution in [3.63, 3.8) is 0 Å². The normalized spacial score (nSPS) is 14.2. The Morgan fingerprint density at radius 1 is 0.492 bits per heavy atom. The molecular weight excluding hydrogens is 792 g/mol. The minimum Gasteiger partial charge on any atom is -0.462 e. The molecule has 0 fully saturated rings. The van der Waals surface area contributed by atoms with Gasteiger partial charge in [-0.1, -0.05) is 171 Å². The number of hydrogen-bond acceptors (Lipinski definition) is 9. The molecule has 11 heteroatoms. The Bertz CT molecular complexity index is 1200. The van der Waals surface area contributed by atoms with Crippen molar-refractivity contribution in [2.24, 2.45) is 0 Å². The van der Waals surface area contributed by atoms with Gasteiger partial charge in [-0.3, -0.25) is 18.6 Å². The molecule has 3 atom stereocenters. The lowest BCUT2D eigenvalue weighted by molar-refractivity contribution is -0.161. The molecule has 0 bridgehead atoms. The van der Waals surface area contributed by atoms with E-state index in [2.05, 4.69) is 74.6 Å². The average Bonchev–Trinajstić information content (AvgIpc) is 3.25. The summed E-state index contributed by atoms with van der Waals surface area (Å²) in [5, 5.41) is 18.4. The van der Waals surface area contributed by atoms with Gasteiger partial charge in [-0.15, -0.1) is 0 Å². The summed E-state index contributed by atoms with van der Waals surface area (Å²) in [5.41, 5.74) is 0. The number of carbonyl (C=O) groups excluding carboxylic acids is 2. The van der Waals surface area contributed by atoms with Crippen LogP contribution in [0.5, 0.6) is 0 Å². The maximum atomic E-state index is 12.7. The fraction of sp³-hybridized carbons (Fsp3) is 0.760. The average molecular weight is 881 g/mol. The van der Waals surface area contributed by atoms with Crippen molar-refractivity contribution in [2.75, 3.05) is 26.4 Å². The smallest absolute Gasteiger partial charge is 0.462 e. The van der Waals surface area contributed by atoms with Gasteiger partial charge in [0.05, 0.1) is 19.8 Å². The van der Waals surface area contributed by atoms with Crippen molar-refractivity contribution in [1.29, 1.82) is 0 Å². The first-order chi connectivity index (χ1) is 29.7. The van der Waals surface area contributed by atoms with Crippen molar-refractivity contribution in [3.05, 3.63) is 60.8 Å². The van der Waals surface area contributed by atoms with E-state index in [1.54, 1.807) is 0 Å². The van der Waals surface area contributed by atoms with Crippen molar-refractivity contribution in [1.82, 2.24) is 0 Å². The monoisotopic (exact) mass is 881 g/mol. The zero-order valence-corrected chi connectivity index (χ0v) is 39.5. The van der Waals surface area contributed by atoms with Gasteiger partial charge >= 0.3 is 19.8 Å². The Morgan fingerprint density at radius 3 is 1.34 bits per heavy atom. The van der Waals surface area contributed by atoms with Crippen molar-refractivity contribution in [2.45, 2.75) is 219 Å². The number of phosphoric ester groups is 1. The van der Waals surface area contributed by atoms with Crippen LogP contribution in [0.4, 0.5) is 0 Å². The lowest BCUT2D eigenvalue weighted by Crippen LogP contribution is -2.29. The van der Waals surface area contributed by atoms with E-state index in [4.69, 9.17) is 23.6 Å². The molecule has 1 unspecified atom stereocenters. The molecule has 0 aliphatic carbocycles. The number of aliphatic hydroxyl groups excluding tert-OH is 2. The minimum atomic E-state index is -4.63. The first-order valence-corrected chi connectivity index (χ1v) is 25.7. The molecule has 0 saturated carbocycles. The van der Waals surface area contributed by atoms with Crippen molar-refractivity contribution in [3.8, 4) is 0 Å². The van der Waals surface area contributed by atoms with E-state index in [1.807, 2.05) is 0 Å². The first-order valence-electron chi connectivity index (χ1n) is 24.2. The van der Waals surface area contributed by atoms with Crippen LogP contribution < -0.4 is 0 Å². The molecule has 0 spiro atoms. The fourth-order valence-corrected chi connectivity index (χ4v) is 7.17. The highest BCUT2D eigenvalue weighted by atomic mass is 31.2. The molecule has 0 amide bonds. The van der Waals surface area contributed by atoms with E-state index >= 15 is 0 Å². The number of aliphatic hydroxyl groups is 2. The Hall–Kier alpha value is -2.33. The maximum absolute atomic E-state index is 12.7. The number of phosphoric acid groups is 1. The lowest BCUT2D eigenvalue weighted by atomic mass is 10.1. The topological polar surface area (TPSA) is 149 Å². The second kappa shape index (κ2) is 45.7. The van der Waals surface area contributed by atoms with Crippen molar-refractivity contribution < 1.29 is 47.8 Å². The molecule has 10 nitrogen and oxygen atoms in total. The summed E-state index contributed by atoms with van der Waals surface area (Å²) in [7, 11) is -4.63. The third-order valence-electron chi connectivity index (χ3n) is 10.1. The lowest BCUT2D eigenvalue weighted by Gasteiger charge is -2.20. The van der Waals surface area contributed by atoms with E-state index in [0.29, 0.717) is 12.8 Å². The molecule has 0 rings (SSSR count). The molecule has 0 saturated heterocycles. The number of allylic oxidation sites excluding steroid dienone is 10. The van der Waals surface area contributed by atoms with Gasteiger partial charge in [0.1, 0.15) is 12.7 Å². The van der Waals surface area contributed by atoms with Gasteiger partial charge in [0.2, 0.25) is 0 Å². The molecule has 0 aliphatic heterocycles. The van der Waals surface area contributed by atoms with Crippen LogP contribution in [0.3, 0.4) is 0 Å². The van der Waals surface area contributed by atoms with E-state index in [1.165, 1.54) is 109 Å². The van der Waals surface area contributed by atoms with Gasteiger partial charge in [-0.25, -0.2) is 4.57 Å². The fourth-order valence-electron chi connectivity index (χ4n) is 6.38. The number of ether oxygens (including phenoxy) is 2. The van der Waals surface area contributed by atoms with E-state index in [0.717, 1.165) is 57.8 Å². The summed E-state index contributed by atoms with van der Waals surface area (Å²) in [4.78, 5) is 35.1. The van der Waals surface area contributed by atoms with Gasteiger partial charge in [0, 0.05) is 12.8 Å². The Morgan fingerprint density at radius 2 is 0.852 bits per heavy atom. The van der Waals surface area contributed by atoms with Crippen LogP contribution in [0, 0.1) is 0 Å². The SMILES string of the molecule is CCCCC/C=C/C/C=C/C/C=C/C/C=C/CCCCCC(=O)OC[C@H](COP(=O)(O)OC[C@@H](O)CO)OC(=O)CCCCCCCCCCC/C=C/CCCCCCCC. The van der Waals surface area contributed by atoms with Crippen LogP contribution in [-0.2, 0) is 32.7 Å². The van der Waals surface area contributed by atoms with E-state index in [-0.39, 0.29) is 19.4 Å². The molecule has 0 aromatic heterocycles. The predicted octanol–water partition coefficient (Wildman–Crippen LogP) is 13.5. The van der Waals surface area contributed by atoms with Gasteiger partial charge in [0.25, 0.3) is 0 Å². The molecule has 0 aliphatic rings. The number of hydrogen-bond donors (Lipinski definition) is 3. The third-order valence-corrected chi connectivity index (χ3v) is 11.1. The highest BCUT2D eigenvalue weighted by Gasteiger charge is 2.27. The minimum absolute atomic E-state index is 0.173. The van der Waals surface area contributed by atoms with E-state index < -0.39 is 51.8 Å². The summed E-state index contributed by atoms with van der Waals surface area (Å²) in [6.45, 7) is 2.32. The summed E-state index contributed by atoms with van der Waals surface area (Å²) in [6, 6.07) is 0. The van der Waals surface area contributed by atoms with Crippen LogP contribution >= 0.6 is 7.82 Å². The molecule has 3 N–H and O–H groups in total. The van der Waals surface area contributed by atoms with Gasteiger partial charge in [-0.2, -0.15) is 0 Å². The number of carbonyl (C=O) groups is 2. The largest absolute Gasteiger partial charge is 0.472 e. The quantitative estimate of drug-likeness (QED) is 0.0233. The molecular formula is C50H89O10P. The van der Waals surface area contributed by atoms with Gasteiger partial charge in [-0.05, 0) is 83.5 Å². The Labute approximate surface area is 372 Å². The molecule has 0 heterocycles. The van der Waals surface area contributed by atoms with Crippen LogP contribution in [0.1, 0.15) is 206 Å². The van der Waals surface area contributed by atoms with E-state index in [9.17, 15) is 24.2 Å². The summed E-state index contributed by atoms with van der Waals surface area (Å²) in [6.07, 6.45) is 51.8. The highest BCUT2D eigenvalue weighted by Crippen LogP contribution is 2.43. The first kappa shape index (κ1) is 58.7. The number of unbranched alkanes of at least 4 members (excludes halogenated alkanes) is 21. The highest BCUT2D eigenvalue weighted by molar-refractivity contribution is 7.47. The number of esters is 2. The van der Waals surface area contributed by atoms with Crippen LogP contribution in [0.25, 0.3) is 0 Å². The maximum Gasteiger partial charge on any atom is 0.472 e. The zero-order valence-electron chi connectivity index (χ0n) is 38.6. The van der Waals surface area contributed by atoms with Crippen molar-refractivity contribution >= 4 is 19.8 Å². The third kappa shape index (κ3) is 45.5. The molecule has 0 aromatic rings. The molecule has 0 radical (unpaired) electrons. The molecule has 354 valence electrons. The summed E-state index contributed by atoms with van der Waals surface area (Å²) < 4.78 is 32.8. The standard InChI is InChI=1S/C50H89O10P/c1-3-5-7-9-11-13-15-17-19-21-23-25-27-29-31-33-35-37-39-41-49(53)57-45-48(46-59-61(55,56)58-44-47(52)43-51)60-50(54)42-40-38-36-34-32-30-28-26-24-22-20-18-16-14-12-10-8-6-4-2/h11,13,17-20,23,25,29,31,47-48,51-52H,3-10,12,14-16,21-22,24,26-28,30,32-46H2,1-2H3,(H,55,56)/b13-11+,19-17+,20-18+,25-23+,31-29+/t47-,48+/m0/s1. The summed E-state index contributed by atoms with van der Waals surface area (Å²) >= 11 is 0. The van der Waals surface area contributed by atoms with Crippen LogP contribution in [-0.4, -0.2) is 65.7 Å². The van der Waals surface area contributed by atoms with Crippen LogP contribution in [0.15, 0.2) is 60.8 Å².